The molecule has 0 aliphatic heterocycles. The number of benzene rings is 4. The van der Waals surface area contributed by atoms with Crippen molar-refractivity contribution in [1.82, 2.24) is 4.57 Å². The first-order chi connectivity index (χ1) is 19.6. The number of aromatic nitrogens is 1. The minimum Gasteiger partial charge on any atom is -0.508 e. The molecular weight excluding hydrogens is 490 g/mol. The molecule has 5 aromatic rings. The van der Waals surface area contributed by atoms with Crippen LogP contribution in [0.1, 0.15) is 29.5 Å². The number of para-hydroxylation sites is 1. The molecule has 40 heavy (non-hydrogen) atoms. The predicted molar refractivity (Wildman–Crippen MR) is 165 cm³/mol. The summed E-state index contributed by atoms with van der Waals surface area (Å²) in [6, 6.07) is 30.6. The van der Waals surface area contributed by atoms with E-state index in [1.165, 1.54) is 38.5 Å². The van der Waals surface area contributed by atoms with Crippen molar-refractivity contribution in [2.45, 2.75) is 19.4 Å². The summed E-state index contributed by atoms with van der Waals surface area (Å²) in [6.45, 7) is 3.14. The second kappa shape index (κ2) is 9.77. The van der Waals surface area contributed by atoms with E-state index >= 15 is 0 Å². The van der Waals surface area contributed by atoms with E-state index in [1.54, 1.807) is 24.3 Å². The topological polar surface area (TPSA) is 45.4 Å². The van der Waals surface area contributed by atoms with Gasteiger partial charge in [0.15, 0.2) is 0 Å². The number of aryl methyl sites for hydroxylation is 1. The van der Waals surface area contributed by atoms with E-state index in [9.17, 15) is 10.2 Å². The molecule has 2 aliphatic carbocycles. The van der Waals surface area contributed by atoms with Crippen LogP contribution in [-0.4, -0.2) is 14.8 Å². The Bertz CT molecular complexity index is 1770. The molecule has 0 fully saturated rings. The maximum Gasteiger partial charge on any atom is 0.115 e. The van der Waals surface area contributed by atoms with Gasteiger partial charge in [-0.25, -0.2) is 0 Å². The lowest BCUT2D eigenvalue weighted by Gasteiger charge is -2.26. The highest BCUT2D eigenvalue weighted by Gasteiger charge is 2.31. The Kier molecular flexibility index (Phi) is 5.93. The molecule has 7 rings (SSSR count). The van der Waals surface area contributed by atoms with Gasteiger partial charge < -0.3 is 14.8 Å². The van der Waals surface area contributed by atoms with Gasteiger partial charge >= 0.3 is 0 Å². The first kappa shape index (κ1) is 24.3. The summed E-state index contributed by atoms with van der Waals surface area (Å²) >= 11 is 0. The van der Waals surface area contributed by atoms with Crippen molar-refractivity contribution in [2.24, 2.45) is 11.8 Å². The number of allylic oxidation sites excluding steroid dienone is 8. The molecule has 0 radical (unpaired) electrons. The van der Waals surface area contributed by atoms with Gasteiger partial charge in [0.25, 0.3) is 0 Å². The molecule has 3 heteroatoms. The van der Waals surface area contributed by atoms with Crippen molar-refractivity contribution in [3.8, 4) is 11.5 Å². The third kappa shape index (κ3) is 4.15. The van der Waals surface area contributed by atoms with E-state index in [2.05, 4.69) is 90.4 Å². The summed E-state index contributed by atoms with van der Waals surface area (Å²) in [5.74, 6) is 1.20. The molecule has 2 unspecified atom stereocenters. The molecule has 0 spiro atoms. The van der Waals surface area contributed by atoms with Crippen molar-refractivity contribution in [1.29, 1.82) is 0 Å². The maximum absolute atomic E-state index is 9.78. The number of rotatable bonds is 6. The van der Waals surface area contributed by atoms with E-state index in [-0.39, 0.29) is 29.3 Å². The quantitative estimate of drug-likeness (QED) is 0.234. The second-order valence-corrected chi connectivity index (χ2v) is 10.8. The second-order valence-electron chi connectivity index (χ2n) is 10.8. The summed E-state index contributed by atoms with van der Waals surface area (Å²) in [5.41, 5.74) is 8.46. The molecule has 2 aliphatic rings. The third-order valence-corrected chi connectivity index (χ3v) is 8.47. The van der Waals surface area contributed by atoms with Gasteiger partial charge in [-0.3, -0.25) is 0 Å². The smallest absolute Gasteiger partial charge is 0.115 e. The van der Waals surface area contributed by atoms with Gasteiger partial charge in [0, 0.05) is 46.1 Å². The summed E-state index contributed by atoms with van der Waals surface area (Å²) in [4.78, 5) is 0. The number of phenolic OH excluding ortho intramolecular Hbond substituents is 2. The van der Waals surface area contributed by atoms with Crippen LogP contribution in [0.3, 0.4) is 0 Å². The van der Waals surface area contributed by atoms with Crippen molar-refractivity contribution in [3.05, 3.63) is 144 Å². The number of fused-ring (bicyclic) bond motifs is 3. The Hall–Kier alpha value is -4.76. The average Bonchev–Trinajstić information content (AvgIpc) is 3.73. The zero-order chi connectivity index (χ0) is 27.2. The zero-order valence-electron chi connectivity index (χ0n) is 22.4. The van der Waals surface area contributed by atoms with E-state index < -0.39 is 0 Å². The van der Waals surface area contributed by atoms with E-state index in [1.807, 2.05) is 24.3 Å². The van der Waals surface area contributed by atoms with Gasteiger partial charge in [0.1, 0.15) is 11.5 Å². The largest absolute Gasteiger partial charge is 0.508 e. The van der Waals surface area contributed by atoms with Crippen molar-refractivity contribution in [3.63, 3.8) is 0 Å². The lowest BCUT2D eigenvalue weighted by atomic mass is 9.77. The van der Waals surface area contributed by atoms with Gasteiger partial charge in [0.2, 0.25) is 0 Å². The highest BCUT2D eigenvalue weighted by Crippen LogP contribution is 2.45. The van der Waals surface area contributed by atoms with E-state index in [0.717, 1.165) is 17.7 Å². The number of phenols is 2. The molecule has 0 amide bonds. The summed E-state index contributed by atoms with van der Waals surface area (Å²) in [6.07, 6.45) is 13.8. The molecular formula is C37H31NO2. The van der Waals surface area contributed by atoms with Crippen LogP contribution in [0, 0.1) is 11.8 Å². The van der Waals surface area contributed by atoms with Gasteiger partial charge in [-0.2, -0.15) is 0 Å². The van der Waals surface area contributed by atoms with Crippen molar-refractivity contribution in [2.75, 3.05) is 0 Å². The first-order valence-electron chi connectivity index (χ1n) is 14.0. The lowest BCUT2D eigenvalue weighted by Crippen LogP contribution is -2.15. The highest BCUT2D eigenvalue weighted by molar-refractivity contribution is 6.08. The number of hydrogen-bond donors (Lipinski definition) is 2. The molecule has 0 saturated heterocycles. The fourth-order valence-corrected chi connectivity index (χ4v) is 6.53. The molecule has 0 bridgehead atoms. The highest BCUT2D eigenvalue weighted by atomic mass is 16.3. The molecule has 4 aromatic carbocycles. The summed E-state index contributed by atoms with van der Waals surface area (Å²) in [5, 5.41) is 22.2. The Labute approximate surface area is 234 Å². The van der Waals surface area contributed by atoms with Crippen LogP contribution in [0.25, 0.3) is 33.0 Å². The maximum atomic E-state index is 9.78. The van der Waals surface area contributed by atoms with Crippen molar-refractivity contribution >= 4 is 33.0 Å². The third-order valence-electron chi connectivity index (χ3n) is 8.47. The Balaban J connectivity index is 1.34. The SMILES string of the molecule is CCn1c2ccccc2c2cc(C(C3C=CC(c4ccc(O)cc4)=C3)C3C=CC(c4ccc(O)cc4)=C3)ccc21. The van der Waals surface area contributed by atoms with E-state index in [4.69, 9.17) is 0 Å². The standard InChI is InChI=1S/C37H31NO2/c1-2-38-35-6-4-3-5-33(35)34-23-30(15-20-36(34)38)37(28-9-7-26(21-28)24-11-16-31(39)17-12-24)29-10-8-27(22-29)25-13-18-32(40)19-14-25/h3-23,28-29,37,39-40H,2H2,1H3. The number of hydrogen-bond acceptors (Lipinski definition) is 2. The molecule has 1 heterocycles. The molecule has 3 nitrogen and oxygen atoms in total. The summed E-state index contributed by atoms with van der Waals surface area (Å²) in [7, 11) is 0. The minimum atomic E-state index is 0.213. The Morgan fingerprint density at radius 1 is 0.650 bits per heavy atom. The molecule has 1 aromatic heterocycles. The van der Waals surface area contributed by atoms with E-state index in [0.29, 0.717) is 0 Å². The summed E-state index contributed by atoms with van der Waals surface area (Å²) < 4.78 is 2.40. The van der Waals surface area contributed by atoms with Crippen LogP contribution in [0.15, 0.2) is 127 Å². The van der Waals surface area contributed by atoms with Crippen LogP contribution < -0.4 is 0 Å². The Morgan fingerprint density at radius 3 is 1.77 bits per heavy atom. The molecule has 0 saturated carbocycles. The van der Waals surface area contributed by atoms with Crippen LogP contribution in [-0.2, 0) is 6.54 Å². The van der Waals surface area contributed by atoms with Crippen LogP contribution in [0.2, 0.25) is 0 Å². The van der Waals surface area contributed by atoms with Crippen molar-refractivity contribution < 1.29 is 10.2 Å². The van der Waals surface area contributed by atoms with Gasteiger partial charge in [0.05, 0.1) is 0 Å². The predicted octanol–water partition coefficient (Wildman–Crippen LogP) is 8.85. The molecule has 196 valence electrons. The number of nitrogens with zero attached hydrogens (tertiary/aromatic N) is 1. The average molecular weight is 522 g/mol. The van der Waals surface area contributed by atoms with Gasteiger partial charge in [-0.1, -0.05) is 85.0 Å². The minimum absolute atomic E-state index is 0.213. The lowest BCUT2D eigenvalue weighted by molar-refractivity contribution is 0.474. The fourth-order valence-electron chi connectivity index (χ4n) is 6.53. The van der Waals surface area contributed by atoms with Crippen LogP contribution in [0.4, 0.5) is 0 Å². The Morgan fingerprint density at radius 2 is 1.20 bits per heavy atom. The molecule has 2 N–H and O–H groups in total. The zero-order valence-corrected chi connectivity index (χ0v) is 22.4. The molecule has 2 atom stereocenters. The van der Waals surface area contributed by atoms with Gasteiger partial charge in [-0.05, 0) is 77.2 Å². The normalized spacial score (nSPS) is 18.9. The number of aromatic hydroxyl groups is 2. The van der Waals surface area contributed by atoms with Crippen LogP contribution >= 0.6 is 0 Å². The first-order valence-corrected chi connectivity index (χ1v) is 14.0. The van der Waals surface area contributed by atoms with Crippen LogP contribution in [0.5, 0.6) is 11.5 Å². The monoisotopic (exact) mass is 521 g/mol. The fraction of sp³-hybridized carbons (Fsp3) is 0.135. The van der Waals surface area contributed by atoms with Gasteiger partial charge in [-0.15, -0.1) is 0 Å².